The van der Waals surface area contributed by atoms with Gasteiger partial charge in [-0.3, -0.25) is 19.4 Å². The number of likely N-dealkylation sites (tertiary alicyclic amines) is 1. The zero-order valence-electron chi connectivity index (χ0n) is 21.8. The van der Waals surface area contributed by atoms with E-state index in [4.69, 9.17) is 9.97 Å². The average Bonchev–Trinajstić information content (AvgIpc) is 3.69. The van der Waals surface area contributed by atoms with Gasteiger partial charge in [0.05, 0.1) is 11.3 Å². The summed E-state index contributed by atoms with van der Waals surface area (Å²) in [4.78, 5) is 21.1. The predicted molar refractivity (Wildman–Crippen MR) is 158 cm³/mol. The number of nitrogens with zero attached hydrogens (tertiary/aromatic N) is 7. The van der Waals surface area contributed by atoms with Gasteiger partial charge in [0, 0.05) is 41.1 Å². The lowest BCUT2D eigenvalue weighted by Gasteiger charge is -2.31. The molecule has 2 aromatic carbocycles. The number of hydrogen-bond acceptors (Lipinski definition) is 6. The minimum atomic E-state index is 0.385. The third-order valence-electron chi connectivity index (χ3n) is 7.57. The van der Waals surface area contributed by atoms with Crippen LogP contribution in [0.5, 0.6) is 0 Å². The van der Waals surface area contributed by atoms with Crippen molar-refractivity contribution in [1.82, 2.24) is 39.4 Å². The number of H-pyrrole nitrogens is 1. The zero-order valence-corrected chi connectivity index (χ0v) is 23.4. The lowest BCUT2D eigenvalue weighted by molar-refractivity contribution is 0.202. The monoisotopic (exact) mass is 590 g/mol. The highest BCUT2D eigenvalue weighted by Gasteiger charge is 2.24. The van der Waals surface area contributed by atoms with Crippen molar-refractivity contribution in [3.8, 4) is 33.9 Å². The second-order valence-electron chi connectivity index (χ2n) is 10.1. The summed E-state index contributed by atoms with van der Waals surface area (Å²) < 4.78 is 2.92. The number of piperidine rings is 1. The Hall–Kier alpha value is -4.21. The molecule has 8 nitrogen and oxygen atoms in total. The normalized spacial score (nSPS) is 14.6. The van der Waals surface area contributed by atoms with Crippen molar-refractivity contribution >= 4 is 21.6 Å². The maximum Gasteiger partial charge on any atom is 0.199 e. The Morgan fingerprint density at radius 1 is 0.875 bits per heavy atom. The van der Waals surface area contributed by atoms with E-state index in [0.717, 1.165) is 76.5 Å². The molecular weight excluding hydrogens is 564 g/mol. The van der Waals surface area contributed by atoms with Crippen molar-refractivity contribution in [3.05, 3.63) is 108 Å². The molecule has 198 valence electrons. The largest absolute Gasteiger partial charge is 0.299 e. The van der Waals surface area contributed by atoms with Crippen LogP contribution in [0.25, 0.3) is 39.5 Å². The first-order valence-corrected chi connectivity index (χ1v) is 14.2. The van der Waals surface area contributed by atoms with Crippen molar-refractivity contribution < 1.29 is 0 Å². The molecule has 0 bridgehead atoms. The molecule has 9 heteroatoms. The summed E-state index contributed by atoms with van der Waals surface area (Å²) in [5, 5.41) is 7.57. The molecule has 1 saturated heterocycles. The highest BCUT2D eigenvalue weighted by atomic mass is 79.9. The van der Waals surface area contributed by atoms with Crippen molar-refractivity contribution in [2.24, 2.45) is 0 Å². The van der Waals surface area contributed by atoms with Crippen LogP contribution in [0.4, 0.5) is 0 Å². The minimum Gasteiger partial charge on any atom is -0.299 e. The van der Waals surface area contributed by atoms with E-state index in [0.29, 0.717) is 11.7 Å². The van der Waals surface area contributed by atoms with E-state index in [-0.39, 0.29) is 0 Å². The summed E-state index contributed by atoms with van der Waals surface area (Å²) in [6, 6.07) is 23.1. The SMILES string of the molecule is Brc1ccc(-c2n[nH]c(C3CCN(Cc4ccc(-c5ncn6ccnc6c5-c5ccccc5)cc4)CC3)n2)nc1. The third-order valence-corrected chi connectivity index (χ3v) is 8.04. The molecule has 7 rings (SSSR count). The van der Waals surface area contributed by atoms with Crippen LogP contribution in [0.15, 0.2) is 96.1 Å². The first-order valence-electron chi connectivity index (χ1n) is 13.4. The highest BCUT2D eigenvalue weighted by molar-refractivity contribution is 9.10. The number of aromatic nitrogens is 7. The molecule has 0 aliphatic carbocycles. The maximum absolute atomic E-state index is 4.83. The standard InChI is InChI=1S/C31H27BrN8/c32-25-10-11-26(34-18-25)30-36-29(37-38-30)24-12-15-39(16-13-24)19-21-6-8-23(9-7-21)28-27(22-4-2-1-3-5-22)31-33-14-17-40(31)20-35-28/h1-11,14,17-18,20,24H,12-13,15-16,19H2,(H,36,37,38). The first-order chi connectivity index (χ1) is 19.7. The highest BCUT2D eigenvalue weighted by Crippen LogP contribution is 2.34. The van der Waals surface area contributed by atoms with Crippen LogP contribution in [0.2, 0.25) is 0 Å². The number of pyridine rings is 1. The van der Waals surface area contributed by atoms with Gasteiger partial charge in [-0.05, 0) is 65.1 Å². The molecule has 1 fully saturated rings. The molecule has 1 N–H and O–H groups in total. The summed E-state index contributed by atoms with van der Waals surface area (Å²) in [6.07, 6.45) is 9.47. The van der Waals surface area contributed by atoms with E-state index >= 15 is 0 Å². The second kappa shape index (κ2) is 10.7. The summed E-state index contributed by atoms with van der Waals surface area (Å²) in [5.74, 6) is 2.00. The number of aromatic amines is 1. The van der Waals surface area contributed by atoms with Gasteiger partial charge in [-0.15, -0.1) is 0 Å². The van der Waals surface area contributed by atoms with E-state index in [2.05, 4.69) is 89.5 Å². The molecule has 0 saturated carbocycles. The topological polar surface area (TPSA) is 87.9 Å². The second-order valence-corrected chi connectivity index (χ2v) is 11.1. The fourth-order valence-corrected chi connectivity index (χ4v) is 5.68. The van der Waals surface area contributed by atoms with E-state index in [1.807, 2.05) is 41.3 Å². The summed E-state index contributed by atoms with van der Waals surface area (Å²) >= 11 is 3.43. The van der Waals surface area contributed by atoms with Crippen LogP contribution < -0.4 is 0 Å². The number of hydrogen-bond donors (Lipinski definition) is 1. The van der Waals surface area contributed by atoms with Crippen molar-refractivity contribution in [3.63, 3.8) is 0 Å². The average molecular weight is 592 g/mol. The number of benzene rings is 2. The van der Waals surface area contributed by atoms with Gasteiger partial charge in [-0.1, -0.05) is 54.6 Å². The molecule has 0 unspecified atom stereocenters. The molecule has 0 spiro atoms. The Labute approximate surface area is 240 Å². The lowest BCUT2D eigenvalue weighted by Crippen LogP contribution is -2.32. The van der Waals surface area contributed by atoms with Crippen LogP contribution in [-0.4, -0.2) is 52.5 Å². The van der Waals surface area contributed by atoms with Gasteiger partial charge < -0.3 is 0 Å². The van der Waals surface area contributed by atoms with Crippen LogP contribution in [0.1, 0.15) is 30.1 Å². The van der Waals surface area contributed by atoms with Crippen LogP contribution in [0.3, 0.4) is 0 Å². The zero-order chi connectivity index (χ0) is 26.9. The first kappa shape index (κ1) is 24.8. The Balaban J connectivity index is 1.03. The molecule has 40 heavy (non-hydrogen) atoms. The fraction of sp³-hybridized carbons (Fsp3) is 0.194. The fourth-order valence-electron chi connectivity index (χ4n) is 5.45. The van der Waals surface area contributed by atoms with E-state index in [1.54, 1.807) is 6.20 Å². The van der Waals surface area contributed by atoms with E-state index < -0.39 is 0 Å². The molecule has 0 amide bonds. The number of halogens is 1. The van der Waals surface area contributed by atoms with E-state index in [9.17, 15) is 0 Å². The van der Waals surface area contributed by atoms with Gasteiger partial charge in [0.2, 0.25) is 0 Å². The van der Waals surface area contributed by atoms with E-state index in [1.165, 1.54) is 5.56 Å². The molecule has 0 atom stereocenters. The smallest absolute Gasteiger partial charge is 0.199 e. The summed E-state index contributed by atoms with van der Waals surface area (Å²) in [6.45, 7) is 2.97. The van der Waals surface area contributed by atoms with Crippen molar-refractivity contribution in [1.29, 1.82) is 0 Å². The molecule has 1 aliphatic rings. The molecule has 5 heterocycles. The van der Waals surface area contributed by atoms with Gasteiger partial charge in [-0.25, -0.2) is 15.0 Å². The molecule has 0 radical (unpaired) electrons. The lowest BCUT2D eigenvalue weighted by atomic mass is 9.95. The molecule has 4 aromatic heterocycles. The van der Waals surface area contributed by atoms with Crippen LogP contribution >= 0.6 is 15.9 Å². The van der Waals surface area contributed by atoms with Crippen molar-refractivity contribution in [2.75, 3.05) is 13.1 Å². The summed E-state index contributed by atoms with van der Waals surface area (Å²) in [5.41, 5.74) is 7.19. The Morgan fingerprint density at radius 3 is 2.48 bits per heavy atom. The minimum absolute atomic E-state index is 0.385. The summed E-state index contributed by atoms with van der Waals surface area (Å²) in [7, 11) is 0. The Bertz CT molecular complexity index is 1730. The van der Waals surface area contributed by atoms with Gasteiger partial charge in [-0.2, -0.15) is 5.10 Å². The molecule has 1 aliphatic heterocycles. The molecular formula is C31H27BrN8. The van der Waals surface area contributed by atoms with Gasteiger partial charge in [0.25, 0.3) is 0 Å². The number of imidazole rings is 1. The van der Waals surface area contributed by atoms with Crippen LogP contribution in [-0.2, 0) is 6.54 Å². The van der Waals surface area contributed by atoms with Crippen LogP contribution in [0, 0.1) is 0 Å². The number of fused-ring (bicyclic) bond motifs is 1. The third kappa shape index (κ3) is 4.94. The quantitative estimate of drug-likeness (QED) is 0.242. The van der Waals surface area contributed by atoms with Gasteiger partial charge >= 0.3 is 0 Å². The Kier molecular flexibility index (Phi) is 6.67. The van der Waals surface area contributed by atoms with Gasteiger partial charge in [0.15, 0.2) is 5.82 Å². The molecule has 6 aromatic rings. The van der Waals surface area contributed by atoms with Gasteiger partial charge in [0.1, 0.15) is 23.5 Å². The number of nitrogens with one attached hydrogen (secondary N) is 1. The van der Waals surface area contributed by atoms with Crippen molar-refractivity contribution in [2.45, 2.75) is 25.3 Å². The maximum atomic E-state index is 4.83. The predicted octanol–water partition coefficient (Wildman–Crippen LogP) is 6.39. The number of rotatable bonds is 6. The Morgan fingerprint density at radius 2 is 1.70 bits per heavy atom.